The summed E-state index contributed by atoms with van der Waals surface area (Å²) in [4.78, 5) is 38.3. The molecule has 0 saturated heterocycles. The molecule has 7 nitrogen and oxygen atoms in total. The van der Waals surface area contributed by atoms with Crippen LogP contribution in [-0.4, -0.2) is 24.1 Å². The van der Waals surface area contributed by atoms with E-state index in [1.54, 1.807) is 24.3 Å². The first kappa shape index (κ1) is 23.4. The molecule has 2 aromatic rings. The zero-order valence-corrected chi connectivity index (χ0v) is 18.4. The van der Waals surface area contributed by atoms with Crippen LogP contribution in [0, 0.1) is 12.8 Å². The molecule has 2 unspecified atom stereocenters. The van der Waals surface area contributed by atoms with E-state index in [4.69, 9.17) is 4.42 Å². The van der Waals surface area contributed by atoms with Gasteiger partial charge in [-0.05, 0) is 38.3 Å². The van der Waals surface area contributed by atoms with Crippen LogP contribution in [0.2, 0.25) is 0 Å². The quantitative estimate of drug-likeness (QED) is 0.563. The maximum absolute atomic E-state index is 12.7. The Morgan fingerprint density at radius 3 is 2.67 bits per heavy atom. The Morgan fingerprint density at radius 2 is 2.07 bits per heavy atom. The molecule has 2 aromatic heterocycles. The highest BCUT2D eigenvalue weighted by Gasteiger charge is 2.25. The number of aryl methyl sites for hydroxylation is 1. The minimum atomic E-state index is -0.820. The number of hydrogen-bond acceptors (Lipinski definition) is 7. The van der Waals surface area contributed by atoms with E-state index in [0.29, 0.717) is 25.0 Å². The number of ether oxygens (including phenoxy) is 1. The number of rotatable bonds is 9. The minimum absolute atomic E-state index is 0.165. The third kappa shape index (κ3) is 6.32. The van der Waals surface area contributed by atoms with Crippen molar-refractivity contribution >= 4 is 23.2 Å². The van der Waals surface area contributed by atoms with Gasteiger partial charge in [0.05, 0.1) is 7.11 Å². The van der Waals surface area contributed by atoms with Gasteiger partial charge >= 0.3 is 11.7 Å². The number of carbonyl (C=O) groups excluding carboxylic acids is 2. The van der Waals surface area contributed by atoms with Crippen molar-refractivity contribution in [3.63, 3.8) is 0 Å². The van der Waals surface area contributed by atoms with Crippen LogP contribution < -0.4 is 10.9 Å². The van der Waals surface area contributed by atoms with Crippen molar-refractivity contribution < 1.29 is 23.8 Å². The molecule has 2 heterocycles. The molecule has 0 saturated carbocycles. The van der Waals surface area contributed by atoms with Crippen molar-refractivity contribution in [1.82, 2.24) is 5.32 Å². The van der Waals surface area contributed by atoms with Gasteiger partial charge in [-0.3, -0.25) is 10.1 Å². The minimum Gasteiger partial charge on any atom is -0.507 e. The van der Waals surface area contributed by atoms with Crippen LogP contribution in [0.1, 0.15) is 58.5 Å². The lowest BCUT2D eigenvalue weighted by molar-refractivity contribution is 0.0922. The molecule has 0 spiro atoms. The molecule has 162 valence electrons. The summed E-state index contributed by atoms with van der Waals surface area (Å²) in [6, 6.07) is 5.30. The standard InChI is InChI=1S/C22H27NO6S/c1-13(7-5-6-10-23-22(27)28-4)18-12-17(24)19(21(26)29-18)20(25)14(2)11-16-9-8-15(3)30-16/h6,8-10,12-14,24H,5,7,11H2,1-4H3,(H,23,27)/b10-6+. The van der Waals surface area contributed by atoms with Gasteiger partial charge in [-0.2, -0.15) is 0 Å². The van der Waals surface area contributed by atoms with Gasteiger partial charge in [0.2, 0.25) is 0 Å². The molecule has 2 rings (SSSR count). The Hall–Kier alpha value is -2.87. The summed E-state index contributed by atoms with van der Waals surface area (Å²) in [7, 11) is 1.28. The molecule has 0 aromatic carbocycles. The van der Waals surface area contributed by atoms with Crippen molar-refractivity contribution in [2.45, 2.75) is 46.0 Å². The first-order valence-corrected chi connectivity index (χ1v) is 10.5. The van der Waals surface area contributed by atoms with Crippen LogP contribution in [0.25, 0.3) is 0 Å². The predicted octanol–water partition coefficient (Wildman–Crippen LogP) is 4.53. The summed E-state index contributed by atoms with van der Waals surface area (Å²) >= 11 is 1.61. The molecule has 0 aliphatic carbocycles. The second kappa shape index (κ2) is 10.8. The van der Waals surface area contributed by atoms with Crippen LogP contribution in [0.3, 0.4) is 0 Å². The molecule has 0 aliphatic rings. The Morgan fingerprint density at radius 1 is 1.33 bits per heavy atom. The number of amides is 1. The molecule has 0 radical (unpaired) electrons. The molecule has 8 heteroatoms. The molecular formula is C22H27NO6S. The van der Waals surface area contributed by atoms with Gasteiger partial charge < -0.3 is 14.3 Å². The van der Waals surface area contributed by atoms with Gasteiger partial charge in [-0.1, -0.05) is 19.9 Å². The monoisotopic (exact) mass is 433 g/mol. The zero-order chi connectivity index (χ0) is 22.3. The van der Waals surface area contributed by atoms with E-state index in [1.165, 1.54) is 19.4 Å². The maximum Gasteiger partial charge on any atom is 0.410 e. The summed E-state index contributed by atoms with van der Waals surface area (Å²) in [6.45, 7) is 5.58. The van der Waals surface area contributed by atoms with Crippen LogP contribution in [-0.2, 0) is 11.2 Å². The van der Waals surface area contributed by atoms with Crippen LogP contribution in [0.5, 0.6) is 5.75 Å². The van der Waals surface area contributed by atoms with Crippen molar-refractivity contribution in [2.24, 2.45) is 5.92 Å². The van der Waals surface area contributed by atoms with Crippen LogP contribution in [0.15, 0.2) is 39.7 Å². The third-order valence-electron chi connectivity index (χ3n) is 4.70. The highest BCUT2D eigenvalue weighted by atomic mass is 32.1. The molecule has 30 heavy (non-hydrogen) atoms. The Kier molecular flexibility index (Phi) is 8.41. The fourth-order valence-electron chi connectivity index (χ4n) is 2.96. The van der Waals surface area contributed by atoms with E-state index < -0.39 is 23.4 Å². The van der Waals surface area contributed by atoms with Gasteiger partial charge in [0.15, 0.2) is 5.78 Å². The normalized spacial score (nSPS) is 13.2. The van der Waals surface area contributed by atoms with Gasteiger partial charge in [-0.25, -0.2) is 9.59 Å². The Balaban J connectivity index is 2.04. The lowest BCUT2D eigenvalue weighted by Gasteiger charge is -2.13. The molecule has 2 N–H and O–H groups in total. The number of methoxy groups -OCH3 is 1. The summed E-state index contributed by atoms with van der Waals surface area (Å²) in [6.07, 6.45) is 4.39. The van der Waals surface area contributed by atoms with E-state index in [2.05, 4.69) is 10.1 Å². The summed E-state index contributed by atoms with van der Waals surface area (Å²) in [5.41, 5.74) is -1.12. The Bertz CT molecular complexity index is 974. The summed E-state index contributed by atoms with van der Waals surface area (Å²) in [5, 5.41) is 12.8. The molecule has 1 amide bonds. The van der Waals surface area contributed by atoms with E-state index in [1.807, 2.05) is 26.0 Å². The molecule has 0 bridgehead atoms. The van der Waals surface area contributed by atoms with E-state index in [-0.39, 0.29) is 17.2 Å². The molecular weight excluding hydrogens is 406 g/mol. The predicted molar refractivity (Wildman–Crippen MR) is 115 cm³/mol. The van der Waals surface area contributed by atoms with Crippen molar-refractivity contribution in [1.29, 1.82) is 0 Å². The van der Waals surface area contributed by atoms with Gasteiger partial charge in [0, 0.05) is 33.9 Å². The first-order valence-electron chi connectivity index (χ1n) is 9.69. The first-order chi connectivity index (χ1) is 14.2. The lowest BCUT2D eigenvalue weighted by Crippen LogP contribution is -2.22. The zero-order valence-electron chi connectivity index (χ0n) is 17.6. The van der Waals surface area contributed by atoms with Gasteiger partial charge in [0.1, 0.15) is 17.1 Å². The molecule has 2 atom stereocenters. The lowest BCUT2D eigenvalue weighted by atomic mass is 9.95. The van der Waals surface area contributed by atoms with Gasteiger partial charge in [0.25, 0.3) is 0 Å². The second-order valence-electron chi connectivity index (χ2n) is 7.19. The number of ketones is 1. The van der Waals surface area contributed by atoms with Crippen molar-refractivity contribution in [2.75, 3.05) is 7.11 Å². The summed E-state index contributed by atoms with van der Waals surface area (Å²) in [5.74, 6) is -1.09. The number of hydrogen-bond donors (Lipinski definition) is 2. The number of allylic oxidation sites excluding steroid dienone is 1. The number of Topliss-reactive ketones (excluding diaryl/α,β-unsaturated/α-hetero) is 1. The number of carbonyl (C=O) groups is 2. The average molecular weight is 434 g/mol. The Labute approximate surface area is 179 Å². The number of aromatic hydroxyl groups is 1. The molecule has 0 fully saturated rings. The largest absolute Gasteiger partial charge is 0.507 e. The average Bonchev–Trinajstić information content (AvgIpc) is 3.11. The van der Waals surface area contributed by atoms with Crippen LogP contribution in [0.4, 0.5) is 4.79 Å². The summed E-state index contributed by atoms with van der Waals surface area (Å²) < 4.78 is 9.79. The van der Waals surface area contributed by atoms with Gasteiger partial charge in [-0.15, -0.1) is 11.3 Å². The van der Waals surface area contributed by atoms with E-state index in [9.17, 15) is 19.5 Å². The number of nitrogens with one attached hydrogen (secondary N) is 1. The van der Waals surface area contributed by atoms with Crippen LogP contribution >= 0.6 is 11.3 Å². The fraction of sp³-hybridized carbons (Fsp3) is 0.409. The van der Waals surface area contributed by atoms with E-state index in [0.717, 1.165) is 9.75 Å². The molecule has 0 aliphatic heterocycles. The SMILES string of the molecule is COC(=O)N/C=C/CCC(C)c1cc(O)c(C(=O)C(C)Cc2ccc(C)s2)c(=O)o1. The second-order valence-corrected chi connectivity index (χ2v) is 8.57. The third-order valence-corrected chi connectivity index (χ3v) is 5.73. The van der Waals surface area contributed by atoms with Crippen molar-refractivity contribution in [3.8, 4) is 5.75 Å². The number of thiophene rings is 1. The van der Waals surface area contributed by atoms with Crippen molar-refractivity contribution in [3.05, 3.63) is 62.0 Å². The number of alkyl carbamates (subject to hydrolysis) is 1. The van der Waals surface area contributed by atoms with E-state index >= 15 is 0 Å². The smallest absolute Gasteiger partial charge is 0.410 e. The fourth-order valence-corrected chi connectivity index (χ4v) is 3.98. The maximum atomic E-state index is 12.7. The highest BCUT2D eigenvalue weighted by Crippen LogP contribution is 2.27. The highest BCUT2D eigenvalue weighted by molar-refractivity contribution is 7.11. The topological polar surface area (TPSA) is 106 Å².